The Bertz CT molecular complexity index is 990. The molecule has 0 spiro atoms. The highest BCUT2D eigenvalue weighted by Crippen LogP contribution is 2.12. The van der Waals surface area contributed by atoms with Crippen molar-refractivity contribution < 1.29 is 4.74 Å². The number of nitrogens with zero attached hydrogens (tertiary/aromatic N) is 4. The van der Waals surface area contributed by atoms with Gasteiger partial charge >= 0.3 is 0 Å². The van der Waals surface area contributed by atoms with Gasteiger partial charge in [0.2, 0.25) is 0 Å². The van der Waals surface area contributed by atoms with E-state index in [1.54, 1.807) is 7.11 Å². The number of hydrogen-bond donors (Lipinski definition) is 2. The Labute approximate surface area is 205 Å². The van der Waals surface area contributed by atoms with Gasteiger partial charge in [-0.2, -0.15) is 0 Å². The summed E-state index contributed by atoms with van der Waals surface area (Å²) in [5.74, 6) is 3.29. The molecule has 0 radical (unpaired) electrons. The van der Waals surface area contributed by atoms with Gasteiger partial charge in [-0.1, -0.05) is 35.9 Å². The predicted octanol–water partition coefficient (Wildman–Crippen LogP) is 3.88. The summed E-state index contributed by atoms with van der Waals surface area (Å²) < 4.78 is 7.17. The van der Waals surface area contributed by atoms with Crippen LogP contribution >= 0.6 is 35.6 Å². The van der Waals surface area contributed by atoms with E-state index in [1.165, 1.54) is 5.56 Å². The molecule has 0 atom stereocenters. The first-order chi connectivity index (χ1) is 14.5. The Morgan fingerprint density at radius 3 is 2.52 bits per heavy atom. The van der Waals surface area contributed by atoms with Crippen molar-refractivity contribution >= 4 is 41.5 Å². The maximum atomic E-state index is 6.09. The first-order valence-corrected chi connectivity index (χ1v) is 10.2. The molecule has 0 aliphatic carbocycles. The topological polar surface area (TPSA) is 76.4 Å². The zero-order chi connectivity index (χ0) is 21.3. The van der Waals surface area contributed by atoms with Crippen LogP contribution in [0, 0.1) is 6.92 Å². The van der Waals surface area contributed by atoms with Crippen LogP contribution in [0.15, 0.2) is 53.5 Å². The summed E-state index contributed by atoms with van der Waals surface area (Å²) in [5.41, 5.74) is 2.27. The molecule has 31 heavy (non-hydrogen) atoms. The zero-order valence-electron chi connectivity index (χ0n) is 17.9. The second-order valence-corrected chi connectivity index (χ2v) is 7.33. The summed E-state index contributed by atoms with van der Waals surface area (Å²) in [6.45, 7) is 3.72. The third kappa shape index (κ3) is 7.70. The fourth-order valence-corrected chi connectivity index (χ4v) is 3.08. The Balaban J connectivity index is 0.00000341. The molecule has 166 valence electrons. The fraction of sp³-hybridized carbons (Fsp3) is 0.318. The van der Waals surface area contributed by atoms with E-state index >= 15 is 0 Å². The van der Waals surface area contributed by atoms with Crippen LogP contribution < -0.4 is 15.4 Å². The minimum atomic E-state index is 0. The van der Waals surface area contributed by atoms with Crippen LogP contribution in [-0.2, 0) is 26.6 Å². The third-order valence-electron chi connectivity index (χ3n) is 4.77. The second-order valence-electron chi connectivity index (χ2n) is 6.90. The first-order valence-electron chi connectivity index (χ1n) is 9.79. The van der Waals surface area contributed by atoms with Crippen molar-refractivity contribution in [1.82, 2.24) is 25.4 Å². The molecule has 2 N–H and O–H groups in total. The highest BCUT2D eigenvalue weighted by atomic mass is 127. The number of aryl methyl sites for hydroxylation is 1. The van der Waals surface area contributed by atoms with Gasteiger partial charge in [-0.25, -0.2) is 4.99 Å². The minimum Gasteiger partial charge on any atom is -0.497 e. The lowest BCUT2D eigenvalue weighted by molar-refractivity contribution is 0.414. The monoisotopic (exact) mass is 554 g/mol. The van der Waals surface area contributed by atoms with Gasteiger partial charge < -0.3 is 19.9 Å². The number of benzene rings is 2. The number of hydrogen-bond acceptors (Lipinski definition) is 4. The fourth-order valence-electron chi connectivity index (χ4n) is 2.87. The number of rotatable bonds is 8. The maximum absolute atomic E-state index is 6.09. The first kappa shape index (κ1) is 24.9. The molecule has 1 aromatic heterocycles. The van der Waals surface area contributed by atoms with Gasteiger partial charge in [-0.05, 0) is 48.7 Å². The number of aliphatic imine (C=N–C) groups is 1. The van der Waals surface area contributed by atoms with Gasteiger partial charge in [0, 0.05) is 18.6 Å². The molecule has 1 heterocycles. The SMILES string of the molecule is COc1ccc(CCNC(=NCc2cccc(Cl)c2)NCc2nnc(C)n2C)cc1.I. The molecule has 0 fully saturated rings. The summed E-state index contributed by atoms with van der Waals surface area (Å²) in [6.07, 6.45) is 0.866. The van der Waals surface area contributed by atoms with E-state index in [1.807, 2.05) is 54.9 Å². The second kappa shape index (κ2) is 12.5. The predicted molar refractivity (Wildman–Crippen MR) is 135 cm³/mol. The smallest absolute Gasteiger partial charge is 0.191 e. The van der Waals surface area contributed by atoms with E-state index in [0.717, 1.165) is 35.9 Å². The molecule has 3 aromatic rings. The number of methoxy groups -OCH3 is 1. The largest absolute Gasteiger partial charge is 0.497 e. The van der Waals surface area contributed by atoms with Gasteiger partial charge in [0.25, 0.3) is 0 Å². The van der Waals surface area contributed by atoms with Gasteiger partial charge in [-0.15, -0.1) is 34.2 Å². The van der Waals surface area contributed by atoms with Crippen molar-refractivity contribution in [2.75, 3.05) is 13.7 Å². The van der Waals surface area contributed by atoms with E-state index in [-0.39, 0.29) is 24.0 Å². The molecular formula is C22H28ClIN6O. The van der Waals surface area contributed by atoms with E-state index in [9.17, 15) is 0 Å². The molecule has 7 nitrogen and oxygen atoms in total. The summed E-state index contributed by atoms with van der Waals surface area (Å²) in [4.78, 5) is 4.70. The minimum absolute atomic E-state index is 0. The summed E-state index contributed by atoms with van der Waals surface area (Å²) in [6, 6.07) is 15.8. The van der Waals surface area contributed by atoms with Crippen LogP contribution in [0.5, 0.6) is 5.75 Å². The average Bonchev–Trinajstić information content (AvgIpc) is 3.08. The Morgan fingerprint density at radius 2 is 1.87 bits per heavy atom. The lowest BCUT2D eigenvalue weighted by Crippen LogP contribution is -2.38. The van der Waals surface area contributed by atoms with E-state index in [2.05, 4.69) is 33.0 Å². The van der Waals surface area contributed by atoms with Crippen LogP contribution in [0.4, 0.5) is 0 Å². The van der Waals surface area contributed by atoms with Crippen molar-refractivity contribution in [1.29, 1.82) is 0 Å². The highest BCUT2D eigenvalue weighted by molar-refractivity contribution is 14.0. The van der Waals surface area contributed by atoms with Crippen LogP contribution in [0.3, 0.4) is 0 Å². The van der Waals surface area contributed by atoms with Crippen molar-refractivity contribution in [2.24, 2.45) is 12.0 Å². The van der Waals surface area contributed by atoms with Crippen LogP contribution in [-0.4, -0.2) is 34.4 Å². The van der Waals surface area contributed by atoms with Crippen LogP contribution in [0.25, 0.3) is 0 Å². The molecule has 0 saturated carbocycles. The molecule has 0 aliphatic rings. The molecule has 0 bridgehead atoms. The maximum Gasteiger partial charge on any atom is 0.191 e. The molecule has 9 heteroatoms. The number of ether oxygens (including phenoxy) is 1. The van der Waals surface area contributed by atoms with Crippen molar-refractivity contribution in [3.05, 3.63) is 76.3 Å². The lowest BCUT2D eigenvalue weighted by atomic mass is 10.1. The van der Waals surface area contributed by atoms with Gasteiger partial charge in [0.1, 0.15) is 11.6 Å². The van der Waals surface area contributed by atoms with Crippen molar-refractivity contribution in [2.45, 2.75) is 26.4 Å². The molecule has 0 amide bonds. The van der Waals surface area contributed by atoms with Crippen LogP contribution in [0.1, 0.15) is 22.8 Å². The van der Waals surface area contributed by atoms with E-state index in [4.69, 9.17) is 21.3 Å². The number of aromatic nitrogens is 3. The standard InChI is InChI=1S/C22H27ClN6O.HI/c1-16-27-28-21(29(16)2)15-26-22(25-14-18-5-4-6-19(23)13-18)24-12-11-17-7-9-20(30-3)10-8-17;/h4-10,13H,11-12,14-15H2,1-3H3,(H2,24,25,26);1H. The van der Waals surface area contributed by atoms with Crippen LogP contribution in [0.2, 0.25) is 5.02 Å². The number of nitrogens with one attached hydrogen (secondary N) is 2. The molecule has 2 aromatic carbocycles. The average molecular weight is 555 g/mol. The Kier molecular flexibility index (Phi) is 10.1. The third-order valence-corrected chi connectivity index (χ3v) is 5.01. The Hall–Kier alpha value is -2.33. The van der Waals surface area contributed by atoms with Gasteiger partial charge in [-0.3, -0.25) is 0 Å². The molecule has 3 rings (SSSR count). The molecule has 0 saturated heterocycles. The Morgan fingerprint density at radius 1 is 1.10 bits per heavy atom. The lowest BCUT2D eigenvalue weighted by Gasteiger charge is -2.13. The molecular weight excluding hydrogens is 527 g/mol. The quantitative estimate of drug-likeness (QED) is 0.251. The highest BCUT2D eigenvalue weighted by Gasteiger charge is 2.06. The number of guanidine groups is 1. The summed E-state index contributed by atoms with van der Waals surface area (Å²) >= 11 is 6.09. The summed E-state index contributed by atoms with van der Waals surface area (Å²) in [7, 11) is 3.62. The van der Waals surface area contributed by atoms with Crippen molar-refractivity contribution in [3.8, 4) is 5.75 Å². The zero-order valence-corrected chi connectivity index (χ0v) is 21.0. The normalized spacial score (nSPS) is 11.0. The molecule has 0 aliphatic heterocycles. The van der Waals surface area contributed by atoms with E-state index < -0.39 is 0 Å². The molecule has 0 unspecified atom stereocenters. The van der Waals surface area contributed by atoms with Crippen molar-refractivity contribution in [3.63, 3.8) is 0 Å². The van der Waals surface area contributed by atoms with E-state index in [0.29, 0.717) is 24.1 Å². The summed E-state index contributed by atoms with van der Waals surface area (Å²) in [5, 5.41) is 15.7. The number of halogens is 2. The van der Waals surface area contributed by atoms with Gasteiger partial charge in [0.05, 0.1) is 20.2 Å². The van der Waals surface area contributed by atoms with Gasteiger partial charge in [0.15, 0.2) is 11.8 Å².